The third-order valence-electron chi connectivity index (χ3n) is 8.63. The fraction of sp³-hybridized carbons (Fsp3) is 0. The second-order valence-electron chi connectivity index (χ2n) is 11.4. The Morgan fingerprint density at radius 3 is 1.89 bits per heavy atom. The van der Waals surface area contributed by atoms with Gasteiger partial charge in [0, 0.05) is 21.9 Å². The van der Waals surface area contributed by atoms with Crippen molar-refractivity contribution in [1.82, 2.24) is 9.97 Å². The topological polar surface area (TPSA) is 38.9 Å². The molecular formula is C42H26N2O. The van der Waals surface area contributed by atoms with Crippen LogP contribution < -0.4 is 0 Å². The van der Waals surface area contributed by atoms with E-state index in [1.165, 1.54) is 10.8 Å². The van der Waals surface area contributed by atoms with Crippen molar-refractivity contribution >= 4 is 43.7 Å². The molecule has 0 aliphatic rings. The summed E-state index contributed by atoms with van der Waals surface area (Å²) in [7, 11) is 0. The highest BCUT2D eigenvalue weighted by atomic mass is 16.3. The molecule has 0 N–H and O–H groups in total. The largest absolute Gasteiger partial charge is 0.456 e. The molecule has 0 aliphatic heterocycles. The first-order chi connectivity index (χ1) is 22.3. The van der Waals surface area contributed by atoms with Crippen LogP contribution >= 0.6 is 0 Å². The van der Waals surface area contributed by atoms with Gasteiger partial charge >= 0.3 is 0 Å². The van der Waals surface area contributed by atoms with Gasteiger partial charge in [0.2, 0.25) is 0 Å². The molecule has 0 spiro atoms. The van der Waals surface area contributed by atoms with Gasteiger partial charge in [-0.1, -0.05) is 115 Å². The Labute approximate surface area is 260 Å². The molecule has 0 radical (unpaired) electrons. The summed E-state index contributed by atoms with van der Waals surface area (Å²) in [6, 6.07) is 54.9. The second kappa shape index (κ2) is 10.3. The minimum atomic E-state index is 0.823. The van der Waals surface area contributed by atoms with Gasteiger partial charge < -0.3 is 4.42 Å². The lowest BCUT2D eigenvalue weighted by molar-refractivity contribution is 0.669. The molecule has 0 amide bonds. The summed E-state index contributed by atoms with van der Waals surface area (Å²) in [5.41, 5.74) is 11.6. The highest BCUT2D eigenvalue weighted by Gasteiger charge is 2.20. The molecular weight excluding hydrogens is 548 g/mol. The van der Waals surface area contributed by atoms with Crippen LogP contribution in [0.15, 0.2) is 162 Å². The van der Waals surface area contributed by atoms with E-state index < -0.39 is 0 Å². The number of benzene rings is 7. The van der Waals surface area contributed by atoms with Gasteiger partial charge in [0.1, 0.15) is 11.2 Å². The summed E-state index contributed by atoms with van der Waals surface area (Å²) in [4.78, 5) is 10.5. The first-order valence-corrected chi connectivity index (χ1v) is 15.2. The molecule has 0 atom stereocenters. The number of hydrogen-bond donors (Lipinski definition) is 0. The monoisotopic (exact) mass is 574 g/mol. The van der Waals surface area contributed by atoms with Crippen LogP contribution in [0, 0.1) is 0 Å². The maximum atomic E-state index is 6.53. The van der Waals surface area contributed by atoms with Gasteiger partial charge in [-0.3, -0.25) is 0 Å². The number of rotatable bonds is 4. The average molecular weight is 575 g/mol. The number of nitrogens with zero attached hydrogens (tertiary/aromatic N) is 2. The number of hydrogen-bond acceptors (Lipinski definition) is 3. The lowest BCUT2D eigenvalue weighted by atomic mass is 9.93. The van der Waals surface area contributed by atoms with E-state index in [0.717, 1.165) is 77.7 Å². The first kappa shape index (κ1) is 25.4. The maximum Gasteiger partial charge on any atom is 0.136 e. The summed E-state index contributed by atoms with van der Waals surface area (Å²) in [6.07, 6.45) is 0. The van der Waals surface area contributed by atoms with Crippen molar-refractivity contribution in [2.75, 3.05) is 0 Å². The molecule has 3 nitrogen and oxygen atoms in total. The van der Waals surface area contributed by atoms with Crippen LogP contribution in [0.4, 0.5) is 0 Å². The second-order valence-corrected chi connectivity index (χ2v) is 11.4. The molecule has 3 heteroatoms. The summed E-state index contributed by atoms with van der Waals surface area (Å²) < 4.78 is 6.53. The van der Waals surface area contributed by atoms with Crippen molar-refractivity contribution in [1.29, 1.82) is 0 Å². The molecule has 9 rings (SSSR count). The van der Waals surface area contributed by atoms with E-state index in [4.69, 9.17) is 14.4 Å². The van der Waals surface area contributed by atoms with Gasteiger partial charge in [0.05, 0.1) is 22.4 Å². The highest BCUT2D eigenvalue weighted by Crippen LogP contribution is 2.42. The zero-order chi connectivity index (χ0) is 29.7. The SMILES string of the molecule is c1ccc(-c2cccc(-c3nc4ccccc4nc3-c3cc(-c4ccc5ccccc5c4)c4c(c3)oc3ccccc34)c2)cc1. The van der Waals surface area contributed by atoms with Crippen LogP contribution in [-0.4, -0.2) is 9.97 Å². The molecule has 0 unspecified atom stereocenters. The molecule has 2 heterocycles. The first-order valence-electron chi connectivity index (χ1n) is 15.2. The van der Waals surface area contributed by atoms with E-state index >= 15 is 0 Å². The van der Waals surface area contributed by atoms with Crippen LogP contribution in [0.1, 0.15) is 0 Å². The molecule has 0 saturated heterocycles. The average Bonchev–Trinajstić information content (AvgIpc) is 3.49. The van der Waals surface area contributed by atoms with Crippen LogP contribution in [0.25, 0.3) is 88.5 Å². The van der Waals surface area contributed by atoms with Crippen molar-refractivity contribution < 1.29 is 4.42 Å². The fourth-order valence-electron chi connectivity index (χ4n) is 6.45. The predicted octanol–water partition coefficient (Wildman–Crippen LogP) is 11.4. The van der Waals surface area contributed by atoms with Crippen molar-refractivity contribution in [3.8, 4) is 44.8 Å². The molecule has 9 aromatic rings. The minimum absolute atomic E-state index is 0.823. The molecule has 7 aromatic carbocycles. The Bertz CT molecular complexity index is 2550. The maximum absolute atomic E-state index is 6.53. The normalized spacial score (nSPS) is 11.6. The van der Waals surface area contributed by atoms with Crippen LogP contribution in [0.2, 0.25) is 0 Å². The molecule has 210 valence electrons. The van der Waals surface area contributed by atoms with Crippen LogP contribution in [0.5, 0.6) is 0 Å². The van der Waals surface area contributed by atoms with Gasteiger partial charge in [0.15, 0.2) is 0 Å². The van der Waals surface area contributed by atoms with Crippen molar-refractivity contribution in [2.24, 2.45) is 0 Å². The summed E-state index contributed by atoms with van der Waals surface area (Å²) in [5.74, 6) is 0. The minimum Gasteiger partial charge on any atom is -0.456 e. The van der Waals surface area contributed by atoms with Crippen LogP contribution in [0.3, 0.4) is 0 Å². The van der Waals surface area contributed by atoms with Crippen molar-refractivity contribution in [3.63, 3.8) is 0 Å². The summed E-state index contributed by atoms with van der Waals surface area (Å²) in [5, 5.41) is 4.62. The van der Waals surface area contributed by atoms with Gasteiger partial charge in [-0.25, -0.2) is 9.97 Å². The van der Waals surface area contributed by atoms with E-state index in [2.05, 4.69) is 115 Å². The zero-order valence-electron chi connectivity index (χ0n) is 24.3. The summed E-state index contributed by atoms with van der Waals surface area (Å²) in [6.45, 7) is 0. The quantitative estimate of drug-likeness (QED) is 0.210. The lowest BCUT2D eigenvalue weighted by Crippen LogP contribution is -1.96. The lowest BCUT2D eigenvalue weighted by Gasteiger charge is -2.14. The van der Waals surface area contributed by atoms with Gasteiger partial charge in [-0.15, -0.1) is 0 Å². The number of aromatic nitrogens is 2. The number of fused-ring (bicyclic) bond motifs is 5. The van der Waals surface area contributed by atoms with E-state index in [9.17, 15) is 0 Å². The van der Waals surface area contributed by atoms with Crippen LogP contribution in [-0.2, 0) is 0 Å². The number of para-hydroxylation sites is 3. The predicted molar refractivity (Wildman–Crippen MR) is 186 cm³/mol. The Balaban J connectivity index is 1.33. The highest BCUT2D eigenvalue weighted by molar-refractivity contribution is 6.14. The Hall–Kier alpha value is -6.06. The van der Waals surface area contributed by atoms with Gasteiger partial charge in [-0.2, -0.15) is 0 Å². The molecule has 0 aliphatic carbocycles. The zero-order valence-corrected chi connectivity index (χ0v) is 24.3. The Kier molecular flexibility index (Phi) is 5.82. The van der Waals surface area contributed by atoms with E-state index in [0.29, 0.717) is 0 Å². The third-order valence-corrected chi connectivity index (χ3v) is 8.63. The van der Waals surface area contributed by atoms with Crippen molar-refractivity contribution in [3.05, 3.63) is 158 Å². The molecule has 45 heavy (non-hydrogen) atoms. The number of furan rings is 1. The van der Waals surface area contributed by atoms with E-state index in [1.54, 1.807) is 0 Å². The molecule has 0 saturated carbocycles. The Morgan fingerprint density at radius 1 is 0.378 bits per heavy atom. The van der Waals surface area contributed by atoms with E-state index in [-0.39, 0.29) is 0 Å². The van der Waals surface area contributed by atoms with Crippen molar-refractivity contribution in [2.45, 2.75) is 0 Å². The Morgan fingerprint density at radius 2 is 1.04 bits per heavy atom. The summed E-state index contributed by atoms with van der Waals surface area (Å²) >= 11 is 0. The standard InChI is InChI=1S/C42H26N2O/c1-2-11-27(12-3-1)30-15-10-16-32(24-30)41-42(44-37-19-8-7-18-36(37)43-41)33-25-35(31-22-21-28-13-4-5-14-29(28)23-31)40-34-17-6-9-20-38(34)45-39(40)26-33/h1-26H. The smallest absolute Gasteiger partial charge is 0.136 e. The van der Waals surface area contributed by atoms with Gasteiger partial charge in [-0.05, 0) is 75.5 Å². The third kappa shape index (κ3) is 4.37. The fourth-order valence-corrected chi connectivity index (χ4v) is 6.45. The van der Waals surface area contributed by atoms with Gasteiger partial charge in [0.25, 0.3) is 0 Å². The molecule has 2 aromatic heterocycles. The molecule has 0 bridgehead atoms. The van der Waals surface area contributed by atoms with E-state index in [1.807, 2.05) is 42.5 Å². The molecule has 0 fully saturated rings.